The van der Waals surface area contributed by atoms with Gasteiger partial charge in [0.05, 0.1) is 0 Å². The van der Waals surface area contributed by atoms with Crippen molar-refractivity contribution < 1.29 is 0 Å². The molecule has 0 aliphatic heterocycles. The Hall–Kier alpha value is -0.310. The molecule has 0 aliphatic carbocycles. The standard InChI is InChI=1S/C10H14ClNS/c1-9(5-11)6-12(2)7-10-3-4-13-8-10/h3-4,8H,1,5-7H2,2H3. The minimum absolute atomic E-state index is 0.550. The number of alkyl halides is 1. The van der Waals surface area contributed by atoms with E-state index in [0.29, 0.717) is 5.88 Å². The largest absolute Gasteiger partial charge is 0.298 e. The van der Waals surface area contributed by atoms with Gasteiger partial charge >= 0.3 is 0 Å². The third-order valence-electron chi connectivity index (χ3n) is 1.72. The highest BCUT2D eigenvalue weighted by Crippen LogP contribution is 2.09. The quantitative estimate of drug-likeness (QED) is 0.539. The zero-order valence-corrected chi connectivity index (χ0v) is 9.37. The van der Waals surface area contributed by atoms with Crippen molar-refractivity contribution in [2.24, 2.45) is 0 Å². The van der Waals surface area contributed by atoms with Gasteiger partial charge in [-0.05, 0) is 35.0 Å². The normalized spacial score (nSPS) is 10.7. The molecule has 0 saturated heterocycles. The zero-order chi connectivity index (χ0) is 9.68. The van der Waals surface area contributed by atoms with E-state index in [0.717, 1.165) is 18.7 Å². The molecular weight excluding hydrogens is 202 g/mol. The SMILES string of the molecule is C=C(CCl)CN(C)Cc1ccsc1. The summed E-state index contributed by atoms with van der Waals surface area (Å²) in [6, 6.07) is 2.14. The summed E-state index contributed by atoms with van der Waals surface area (Å²) in [4.78, 5) is 2.22. The second-order valence-electron chi connectivity index (χ2n) is 3.19. The molecule has 1 rings (SSSR count). The summed E-state index contributed by atoms with van der Waals surface area (Å²) in [6.07, 6.45) is 0. The van der Waals surface area contributed by atoms with E-state index >= 15 is 0 Å². The van der Waals surface area contributed by atoms with Gasteiger partial charge in [0.25, 0.3) is 0 Å². The van der Waals surface area contributed by atoms with Crippen LogP contribution in [-0.2, 0) is 6.54 Å². The van der Waals surface area contributed by atoms with Crippen LogP contribution in [-0.4, -0.2) is 24.4 Å². The van der Waals surface area contributed by atoms with E-state index in [4.69, 9.17) is 11.6 Å². The summed E-state index contributed by atoms with van der Waals surface area (Å²) in [5.41, 5.74) is 2.43. The Morgan fingerprint density at radius 3 is 3.00 bits per heavy atom. The first kappa shape index (κ1) is 10.8. The van der Waals surface area contributed by atoms with Gasteiger partial charge in [0.15, 0.2) is 0 Å². The number of halogens is 1. The van der Waals surface area contributed by atoms with Crippen molar-refractivity contribution in [1.29, 1.82) is 0 Å². The van der Waals surface area contributed by atoms with Crippen LogP contribution in [0, 0.1) is 0 Å². The number of thiophene rings is 1. The first-order valence-corrected chi connectivity index (χ1v) is 5.62. The Labute approximate surface area is 88.6 Å². The van der Waals surface area contributed by atoms with E-state index in [9.17, 15) is 0 Å². The van der Waals surface area contributed by atoms with E-state index < -0.39 is 0 Å². The lowest BCUT2D eigenvalue weighted by Gasteiger charge is -2.16. The summed E-state index contributed by atoms with van der Waals surface area (Å²) >= 11 is 7.38. The minimum Gasteiger partial charge on any atom is -0.298 e. The third kappa shape index (κ3) is 3.94. The molecule has 0 aromatic carbocycles. The second-order valence-corrected chi connectivity index (χ2v) is 4.23. The van der Waals surface area contributed by atoms with E-state index in [2.05, 4.69) is 35.4 Å². The number of hydrogen-bond donors (Lipinski definition) is 0. The van der Waals surface area contributed by atoms with E-state index in [1.807, 2.05) is 0 Å². The summed E-state index contributed by atoms with van der Waals surface area (Å²) in [7, 11) is 2.08. The van der Waals surface area contributed by atoms with E-state index in [1.54, 1.807) is 11.3 Å². The van der Waals surface area contributed by atoms with Crippen molar-refractivity contribution in [3.63, 3.8) is 0 Å². The highest BCUT2D eigenvalue weighted by molar-refractivity contribution is 7.07. The maximum atomic E-state index is 5.65. The molecule has 0 aliphatic rings. The molecule has 0 saturated carbocycles. The number of hydrogen-bond acceptors (Lipinski definition) is 2. The lowest BCUT2D eigenvalue weighted by molar-refractivity contribution is 0.356. The zero-order valence-electron chi connectivity index (χ0n) is 7.79. The maximum Gasteiger partial charge on any atom is 0.0443 e. The van der Waals surface area contributed by atoms with Crippen LogP contribution in [0.4, 0.5) is 0 Å². The average Bonchev–Trinajstić information content (AvgIpc) is 2.56. The van der Waals surface area contributed by atoms with Crippen LogP contribution in [0.2, 0.25) is 0 Å². The molecule has 72 valence electrons. The predicted molar refractivity (Wildman–Crippen MR) is 60.5 cm³/mol. The lowest BCUT2D eigenvalue weighted by Crippen LogP contribution is -2.20. The molecule has 1 heterocycles. The smallest absolute Gasteiger partial charge is 0.0443 e. The third-order valence-corrected chi connectivity index (χ3v) is 2.83. The van der Waals surface area contributed by atoms with Gasteiger partial charge < -0.3 is 0 Å². The Kier molecular flexibility index (Phi) is 4.50. The van der Waals surface area contributed by atoms with Crippen molar-refractivity contribution in [3.05, 3.63) is 34.5 Å². The van der Waals surface area contributed by atoms with Crippen LogP contribution >= 0.6 is 22.9 Å². The van der Waals surface area contributed by atoms with Crippen LogP contribution in [0.3, 0.4) is 0 Å². The van der Waals surface area contributed by atoms with Gasteiger partial charge in [-0.2, -0.15) is 11.3 Å². The summed E-state index contributed by atoms with van der Waals surface area (Å²) in [5, 5.41) is 4.26. The van der Waals surface area contributed by atoms with Crippen LogP contribution < -0.4 is 0 Å². The van der Waals surface area contributed by atoms with Crippen LogP contribution in [0.1, 0.15) is 5.56 Å². The molecular formula is C10H14ClNS. The Balaban J connectivity index is 2.33. The van der Waals surface area contributed by atoms with Gasteiger partial charge in [0.2, 0.25) is 0 Å². The molecule has 1 aromatic rings. The average molecular weight is 216 g/mol. The Bertz CT molecular complexity index is 256. The Morgan fingerprint density at radius 1 is 1.69 bits per heavy atom. The van der Waals surface area contributed by atoms with Gasteiger partial charge in [-0.25, -0.2) is 0 Å². The van der Waals surface area contributed by atoms with Crippen LogP contribution in [0.5, 0.6) is 0 Å². The molecule has 1 nitrogen and oxygen atoms in total. The summed E-state index contributed by atoms with van der Waals surface area (Å²) < 4.78 is 0. The fourth-order valence-electron chi connectivity index (χ4n) is 1.17. The number of rotatable bonds is 5. The molecule has 1 aromatic heterocycles. The molecule has 0 spiro atoms. The first-order chi connectivity index (χ1) is 6.22. The highest BCUT2D eigenvalue weighted by atomic mass is 35.5. The molecule has 0 unspecified atom stereocenters. The molecule has 3 heteroatoms. The fraction of sp³-hybridized carbons (Fsp3) is 0.400. The second kappa shape index (κ2) is 5.43. The predicted octanol–water partition coefficient (Wildman–Crippen LogP) is 2.97. The first-order valence-electron chi connectivity index (χ1n) is 4.14. The topological polar surface area (TPSA) is 3.24 Å². The molecule has 0 fully saturated rings. The van der Waals surface area contributed by atoms with Crippen molar-refractivity contribution >= 4 is 22.9 Å². The van der Waals surface area contributed by atoms with Gasteiger partial charge in [-0.1, -0.05) is 6.58 Å². The summed E-state index contributed by atoms with van der Waals surface area (Å²) in [5.74, 6) is 0.550. The molecule has 0 N–H and O–H groups in total. The van der Waals surface area contributed by atoms with Crippen molar-refractivity contribution in [1.82, 2.24) is 4.90 Å². The lowest BCUT2D eigenvalue weighted by atomic mass is 10.3. The van der Waals surface area contributed by atoms with E-state index in [1.165, 1.54) is 5.56 Å². The van der Waals surface area contributed by atoms with Crippen molar-refractivity contribution in [3.8, 4) is 0 Å². The molecule has 0 radical (unpaired) electrons. The van der Waals surface area contributed by atoms with Gasteiger partial charge in [-0.3, -0.25) is 4.90 Å². The molecule has 0 bridgehead atoms. The molecule has 13 heavy (non-hydrogen) atoms. The van der Waals surface area contributed by atoms with Crippen molar-refractivity contribution in [2.45, 2.75) is 6.54 Å². The van der Waals surface area contributed by atoms with E-state index in [-0.39, 0.29) is 0 Å². The van der Waals surface area contributed by atoms with Crippen LogP contribution in [0.25, 0.3) is 0 Å². The molecule has 0 atom stereocenters. The van der Waals surface area contributed by atoms with Gasteiger partial charge in [-0.15, -0.1) is 11.6 Å². The fourth-order valence-corrected chi connectivity index (χ4v) is 1.92. The van der Waals surface area contributed by atoms with Gasteiger partial charge in [0, 0.05) is 19.0 Å². The Morgan fingerprint density at radius 2 is 2.46 bits per heavy atom. The number of likely N-dealkylation sites (N-methyl/N-ethyl adjacent to an activating group) is 1. The van der Waals surface area contributed by atoms with Crippen molar-refractivity contribution in [2.75, 3.05) is 19.5 Å². The monoisotopic (exact) mass is 215 g/mol. The molecule has 0 amide bonds. The maximum absolute atomic E-state index is 5.65. The highest BCUT2D eigenvalue weighted by Gasteiger charge is 2.01. The number of nitrogens with zero attached hydrogens (tertiary/aromatic N) is 1. The van der Waals surface area contributed by atoms with Crippen LogP contribution in [0.15, 0.2) is 29.0 Å². The summed E-state index contributed by atoms with van der Waals surface area (Å²) in [6.45, 7) is 5.72. The minimum atomic E-state index is 0.550. The van der Waals surface area contributed by atoms with Gasteiger partial charge in [0.1, 0.15) is 0 Å².